The molecule has 1 N–H and O–H groups in total. The monoisotopic (exact) mass is 219 g/mol. The van der Waals surface area contributed by atoms with Gasteiger partial charge in [0.05, 0.1) is 6.42 Å². The molecule has 2 saturated heterocycles. The molecule has 0 aromatic heterocycles. The summed E-state index contributed by atoms with van der Waals surface area (Å²) in [5, 5.41) is 3.62. The molecular weight excluding hydrogens is 198 g/mol. The van der Waals surface area contributed by atoms with E-state index >= 15 is 0 Å². The number of piperidine rings is 2. The Kier molecular flexibility index (Phi) is 4.01. The number of Topliss-reactive ketones (excluding diaryl/α,β-unsaturated/α-hetero) is 1. The average molecular weight is 219 g/mol. The first kappa shape index (κ1) is 11.7. The fourth-order valence-corrected chi connectivity index (χ4v) is 2.95. The van der Waals surface area contributed by atoms with E-state index < -0.39 is 0 Å². The van der Waals surface area contributed by atoms with Crippen LogP contribution in [0.5, 0.6) is 0 Å². The first-order valence-electron chi connectivity index (χ1n) is 6.54. The van der Waals surface area contributed by atoms with Gasteiger partial charge in [-0.1, -0.05) is 19.3 Å². The maximum atomic E-state index is 12.0. The Bertz CT molecular complexity index is 300. The smallest absolute Gasteiger partial charge is 0.147 e. The molecule has 2 heteroatoms. The van der Waals surface area contributed by atoms with Gasteiger partial charge in [-0.05, 0) is 25.7 Å². The number of hydrogen-bond acceptors (Lipinski definition) is 2. The third-order valence-corrected chi connectivity index (χ3v) is 3.73. The minimum atomic E-state index is 0.280. The number of rotatable bonds is 2. The van der Waals surface area contributed by atoms with Crippen LogP contribution in [-0.2, 0) is 4.79 Å². The van der Waals surface area contributed by atoms with Gasteiger partial charge in [0.15, 0.2) is 0 Å². The van der Waals surface area contributed by atoms with E-state index in [0.717, 1.165) is 19.3 Å². The number of nitrogens with one attached hydrogen (secondary N) is 1. The Morgan fingerprint density at radius 3 is 2.56 bits per heavy atom. The highest BCUT2D eigenvalue weighted by Crippen LogP contribution is 2.30. The van der Waals surface area contributed by atoms with Gasteiger partial charge in [0, 0.05) is 24.4 Å². The van der Waals surface area contributed by atoms with E-state index in [2.05, 4.69) is 17.2 Å². The molecule has 0 spiro atoms. The third-order valence-electron chi connectivity index (χ3n) is 3.73. The van der Waals surface area contributed by atoms with Crippen molar-refractivity contribution >= 4 is 5.78 Å². The van der Waals surface area contributed by atoms with E-state index in [-0.39, 0.29) is 5.92 Å². The topological polar surface area (TPSA) is 29.1 Å². The zero-order chi connectivity index (χ0) is 11.4. The standard InChI is InChI=1S/C14H21NO/c1-2-3-4-8-14(16)11-9-12-6-5-7-13(10-11)15-12/h11-13,15H,2,5-10H2,1H3. The fourth-order valence-electron chi connectivity index (χ4n) is 2.95. The summed E-state index contributed by atoms with van der Waals surface area (Å²) in [6.07, 6.45) is 7.25. The van der Waals surface area contributed by atoms with Crippen LogP contribution in [0.3, 0.4) is 0 Å². The molecule has 88 valence electrons. The van der Waals surface area contributed by atoms with Crippen molar-refractivity contribution in [3.8, 4) is 11.8 Å². The molecule has 2 fully saturated rings. The van der Waals surface area contributed by atoms with Gasteiger partial charge in [-0.25, -0.2) is 0 Å². The molecule has 0 aliphatic carbocycles. The summed E-state index contributed by atoms with van der Waals surface area (Å²) in [6, 6.07) is 1.20. The largest absolute Gasteiger partial charge is 0.311 e. The minimum Gasteiger partial charge on any atom is -0.311 e. The number of ketones is 1. The second kappa shape index (κ2) is 5.50. The van der Waals surface area contributed by atoms with Gasteiger partial charge < -0.3 is 5.32 Å². The van der Waals surface area contributed by atoms with Crippen molar-refractivity contribution in [2.45, 2.75) is 64.0 Å². The van der Waals surface area contributed by atoms with Gasteiger partial charge in [-0.3, -0.25) is 4.79 Å². The average Bonchev–Trinajstić information content (AvgIpc) is 2.28. The lowest BCUT2D eigenvalue weighted by molar-refractivity contribution is -0.123. The zero-order valence-corrected chi connectivity index (χ0v) is 10.1. The fraction of sp³-hybridized carbons (Fsp3) is 0.786. The zero-order valence-electron chi connectivity index (χ0n) is 10.1. The van der Waals surface area contributed by atoms with Crippen molar-refractivity contribution < 1.29 is 4.79 Å². The van der Waals surface area contributed by atoms with Crippen molar-refractivity contribution in [3.05, 3.63) is 0 Å². The van der Waals surface area contributed by atoms with E-state index in [1.165, 1.54) is 19.3 Å². The van der Waals surface area contributed by atoms with Crippen LogP contribution >= 0.6 is 0 Å². The van der Waals surface area contributed by atoms with E-state index in [1.54, 1.807) is 0 Å². The van der Waals surface area contributed by atoms with Gasteiger partial charge in [0.2, 0.25) is 0 Å². The summed E-state index contributed by atoms with van der Waals surface area (Å²) in [4.78, 5) is 12.0. The van der Waals surface area contributed by atoms with Gasteiger partial charge in [0.1, 0.15) is 5.78 Å². The molecule has 0 radical (unpaired) electrons. The SMILES string of the molecule is CCC#CCC(=O)C1CC2CCCC(C1)N2. The predicted molar refractivity (Wildman–Crippen MR) is 65.0 cm³/mol. The molecule has 0 saturated carbocycles. The molecule has 2 atom stereocenters. The lowest BCUT2D eigenvalue weighted by Gasteiger charge is -2.39. The molecule has 2 nitrogen and oxygen atoms in total. The van der Waals surface area contributed by atoms with Crippen LogP contribution in [0.15, 0.2) is 0 Å². The molecule has 0 aromatic carbocycles. The lowest BCUT2D eigenvalue weighted by atomic mass is 9.78. The van der Waals surface area contributed by atoms with Crippen molar-refractivity contribution in [2.75, 3.05) is 0 Å². The van der Waals surface area contributed by atoms with E-state index in [1.807, 2.05) is 6.92 Å². The molecule has 2 aliphatic heterocycles. The summed E-state index contributed by atoms with van der Waals surface area (Å²) < 4.78 is 0. The first-order chi connectivity index (χ1) is 7.79. The molecular formula is C14H21NO. The van der Waals surface area contributed by atoms with Crippen LogP contribution in [0.4, 0.5) is 0 Å². The number of fused-ring (bicyclic) bond motifs is 2. The molecule has 2 unspecified atom stereocenters. The van der Waals surface area contributed by atoms with Gasteiger partial charge in [0.25, 0.3) is 0 Å². The first-order valence-corrected chi connectivity index (χ1v) is 6.54. The van der Waals surface area contributed by atoms with Crippen LogP contribution in [-0.4, -0.2) is 17.9 Å². The van der Waals surface area contributed by atoms with Crippen LogP contribution in [0, 0.1) is 17.8 Å². The van der Waals surface area contributed by atoms with Crippen molar-refractivity contribution in [3.63, 3.8) is 0 Å². The second-order valence-corrected chi connectivity index (χ2v) is 5.01. The highest BCUT2D eigenvalue weighted by atomic mass is 16.1. The Morgan fingerprint density at radius 2 is 1.94 bits per heavy atom. The quantitative estimate of drug-likeness (QED) is 0.722. The maximum absolute atomic E-state index is 12.0. The van der Waals surface area contributed by atoms with Gasteiger partial charge in [-0.2, -0.15) is 0 Å². The molecule has 2 aliphatic rings. The van der Waals surface area contributed by atoms with E-state index in [0.29, 0.717) is 24.3 Å². The maximum Gasteiger partial charge on any atom is 0.147 e. The van der Waals surface area contributed by atoms with Crippen LogP contribution in [0.25, 0.3) is 0 Å². The van der Waals surface area contributed by atoms with Crippen molar-refractivity contribution in [1.82, 2.24) is 5.32 Å². The molecule has 2 rings (SSSR count). The Morgan fingerprint density at radius 1 is 1.25 bits per heavy atom. The summed E-state index contributed by atoms with van der Waals surface area (Å²) in [7, 11) is 0. The predicted octanol–water partition coefficient (Wildman–Crippen LogP) is 2.28. The summed E-state index contributed by atoms with van der Waals surface area (Å²) in [5.74, 6) is 6.61. The van der Waals surface area contributed by atoms with E-state index in [4.69, 9.17) is 0 Å². The van der Waals surface area contributed by atoms with Crippen LogP contribution in [0.1, 0.15) is 51.9 Å². The summed E-state index contributed by atoms with van der Waals surface area (Å²) in [5.41, 5.74) is 0. The van der Waals surface area contributed by atoms with Crippen molar-refractivity contribution in [1.29, 1.82) is 0 Å². The normalized spacial score (nSPS) is 32.7. The van der Waals surface area contributed by atoms with Crippen molar-refractivity contribution in [2.24, 2.45) is 5.92 Å². The second-order valence-electron chi connectivity index (χ2n) is 5.01. The Balaban J connectivity index is 1.87. The van der Waals surface area contributed by atoms with Gasteiger partial charge >= 0.3 is 0 Å². The molecule has 2 bridgehead atoms. The van der Waals surface area contributed by atoms with E-state index in [9.17, 15) is 4.79 Å². The number of hydrogen-bond donors (Lipinski definition) is 1. The molecule has 2 heterocycles. The Hall–Kier alpha value is -0.810. The molecule has 16 heavy (non-hydrogen) atoms. The minimum absolute atomic E-state index is 0.280. The van der Waals surface area contributed by atoms with Crippen LogP contribution in [0.2, 0.25) is 0 Å². The lowest BCUT2D eigenvalue weighted by Crippen LogP contribution is -2.49. The summed E-state index contributed by atoms with van der Waals surface area (Å²) in [6.45, 7) is 2.02. The highest BCUT2D eigenvalue weighted by molar-refractivity contribution is 5.83. The number of carbonyl (C=O) groups is 1. The number of carbonyl (C=O) groups excluding carboxylic acids is 1. The Labute approximate surface area is 98.2 Å². The molecule has 0 amide bonds. The van der Waals surface area contributed by atoms with Gasteiger partial charge in [-0.15, -0.1) is 5.92 Å². The molecule has 0 aromatic rings. The summed E-state index contributed by atoms with van der Waals surface area (Å²) >= 11 is 0. The van der Waals surface area contributed by atoms with Crippen LogP contribution < -0.4 is 5.32 Å². The highest BCUT2D eigenvalue weighted by Gasteiger charge is 2.33. The third kappa shape index (κ3) is 2.86.